The van der Waals surface area contributed by atoms with E-state index in [0.717, 1.165) is 25.7 Å². The van der Waals surface area contributed by atoms with E-state index in [-0.39, 0.29) is 25.4 Å². The molecular formula is C26H50N2O11Si2. The van der Waals surface area contributed by atoms with Crippen LogP contribution in [-0.4, -0.2) is 111 Å². The minimum Gasteiger partial charge on any atom is -0.445 e. The third-order valence-electron chi connectivity index (χ3n) is 6.60. The van der Waals surface area contributed by atoms with Gasteiger partial charge >= 0.3 is 29.8 Å². The Balaban J connectivity index is 1.99. The van der Waals surface area contributed by atoms with Gasteiger partial charge in [-0.3, -0.25) is 0 Å². The van der Waals surface area contributed by atoms with Crippen molar-refractivity contribution in [3.8, 4) is 0 Å². The molecule has 0 saturated carbocycles. The van der Waals surface area contributed by atoms with Crippen molar-refractivity contribution in [2.24, 2.45) is 0 Å². The molecule has 1 aliphatic heterocycles. The van der Waals surface area contributed by atoms with Crippen molar-refractivity contribution in [2.75, 3.05) is 69.0 Å². The summed E-state index contributed by atoms with van der Waals surface area (Å²) in [6.07, 6.45) is 12.2. The van der Waals surface area contributed by atoms with E-state index >= 15 is 0 Å². The van der Waals surface area contributed by atoms with Crippen molar-refractivity contribution < 1.29 is 50.4 Å². The zero-order valence-corrected chi connectivity index (χ0v) is 27.4. The Bertz CT molecular complexity index is 702. The Hall–Kier alpha value is -1.83. The highest BCUT2D eigenvalue weighted by atomic mass is 28.4. The fourth-order valence-corrected chi connectivity index (χ4v) is 7.48. The van der Waals surface area contributed by atoms with Crippen LogP contribution in [0.3, 0.4) is 0 Å². The predicted octanol–water partition coefficient (Wildman–Crippen LogP) is 3.42. The Kier molecular flexibility index (Phi) is 19.8. The molecule has 2 amide bonds. The van der Waals surface area contributed by atoms with Crippen molar-refractivity contribution in [3.05, 3.63) is 24.3 Å². The molecule has 0 spiro atoms. The minimum absolute atomic E-state index is 0.219. The lowest BCUT2D eigenvalue weighted by Crippen LogP contribution is -2.43. The third-order valence-corrected chi connectivity index (χ3v) is 12.3. The Morgan fingerprint density at radius 1 is 0.634 bits per heavy atom. The zero-order valence-electron chi connectivity index (χ0n) is 25.4. The normalized spacial score (nSPS) is 17.2. The van der Waals surface area contributed by atoms with Crippen molar-refractivity contribution in [3.63, 3.8) is 0 Å². The maximum atomic E-state index is 11.8. The Morgan fingerprint density at radius 3 is 1.34 bits per heavy atom. The number of allylic oxidation sites excluding steroid dienone is 2. The summed E-state index contributed by atoms with van der Waals surface area (Å²) >= 11 is 0. The van der Waals surface area contributed by atoms with Crippen LogP contribution in [0.5, 0.6) is 0 Å². The number of hydrogen-bond donors (Lipinski definition) is 2. The number of carbonyl (C=O) groups excluding carboxylic acids is 2. The second-order valence-electron chi connectivity index (χ2n) is 9.16. The third kappa shape index (κ3) is 15.8. The zero-order chi connectivity index (χ0) is 30.4. The first-order chi connectivity index (χ1) is 19.8. The largest absolute Gasteiger partial charge is 0.500 e. The molecule has 13 nitrogen and oxygen atoms in total. The molecule has 0 radical (unpaired) electrons. The molecule has 15 heteroatoms. The number of carbonyl (C=O) groups is 2. The number of amides is 2. The van der Waals surface area contributed by atoms with Crippen LogP contribution in [0.15, 0.2) is 24.3 Å². The summed E-state index contributed by atoms with van der Waals surface area (Å²) in [5.41, 5.74) is 0. The molecule has 2 atom stereocenters. The quantitative estimate of drug-likeness (QED) is 0.0707. The maximum Gasteiger partial charge on any atom is 0.500 e. The van der Waals surface area contributed by atoms with Gasteiger partial charge in [-0.05, 0) is 38.5 Å². The van der Waals surface area contributed by atoms with Crippen LogP contribution in [0, 0.1) is 0 Å². The van der Waals surface area contributed by atoms with Crippen molar-refractivity contribution >= 4 is 29.8 Å². The molecule has 2 unspecified atom stereocenters. The molecule has 1 fully saturated rings. The highest BCUT2D eigenvalue weighted by Gasteiger charge is 2.38. The molecule has 0 aromatic carbocycles. The van der Waals surface area contributed by atoms with E-state index in [1.54, 1.807) is 42.7 Å². The van der Waals surface area contributed by atoms with Crippen molar-refractivity contribution in [2.45, 2.75) is 62.8 Å². The lowest BCUT2D eigenvalue weighted by atomic mass is 10.1. The number of nitrogens with one attached hydrogen (secondary N) is 2. The number of rotatable bonds is 24. The van der Waals surface area contributed by atoms with E-state index < -0.39 is 29.8 Å². The fraction of sp³-hybridized carbons (Fsp3) is 0.769. The molecule has 1 saturated heterocycles. The van der Waals surface area contributed by atoms with E-state index in [9.17, 15) is 9.59 Å². The first-order valence-electron chi connectivity index (χ1n) is 13.9. The standard InChI is InChI=1S/C26H50N2O11Si2/c1-31-40(32-2,33-3)21-13-17-27-25(29)37-19-11-7-9-15-23-24(39-23)16-10-8-12-20-38-26(30)28-18-14-22-41(34-4,35-5)36-6/h7-8,11-12,23-24H,9-10,13-22H2,1-6H3,(H,27,29)(H,28,30)/b11-7+,12-8+. The van der Waals surface area contributed by atoms with Gasteiger partial charge in [-0.2, -0.15) is 0 Å². The van der Waals surface area contributed by atoms with Gasteiger partial charge in [0.05, 0.1) is 12.2 Å². The van der Waals surface area contributed by atoms with E-state index in [1.165, 1.54) is 0 Å². The summed E-state index contributed by atoms with van der Waals surface area (Å²) < 4.78 is 48.1. The van der Waals surface area contributed by atoms with E-state index in [1.807, 2.05) is 24.3 Å². The molecule has 0 aromatic heterocycles. The summed E-state index contributed by atoms with van der Waals surface area (Å²) in [5.74, 6) is 0. The van der Waals surface area contributed by atoms with Gasteiger partial charge in [0.2, 0.25) is 0 Å². The van der Waals surface area contributed by atoms with Gasteiger partial charge in [0.1, 0.15) is 13.2 Å². The first kappa shape index (κ1) is 37.2. The lowest BCUT2D eigenvalue weighted by molar-refractivity contribution is 0.122. The molecule has 0 aromatic rings. The minimum atomic E-state index is -2.61. The Morgan fingerprint density at radius 2 is 1.00 bits per heavy atom. The molecule has 41 heavy (non-hydrogen) atoms. The van der Waals surface area contributed by atoms with Crippen LogP contribution in [0.25, 0.3) is 0 Å². The van der Waals surface area contributed by atoms with Gasteiger partial charge in [0, 0.05) is 67.8 Å². The van der Waals surface area contributed by atoms with Crippen LogP contribution in [0.1, 0.15) is 38.5 Å². The van der Waals surface area contributed by atoms with E-state index in [4.69, 9.17) is 40.8 Å². The van der Waals surface area contributed by atoms with Crippen molar-refractivity contribution in [1.82, 2.24) is 10.6 Å². The van der Waals surface area contributed by atoms with Crippen LogP contribution in [0.2, 0.25) is 12.1 Å². The van der Waals surface area contributed by atoms with Crippen LogP contribution < -0.4 is 10.6 Å². The molecule has 2 N–H and O–H groups in total. The van der Waals surface area contributed by atoms with Gasteiger partial charge in [0.15, 0.2) is 0 Å². The molecule has 0 aliphatic carbocycles. The number of ether oxygens (including phenoxy) is 3. The van der Waals surface area contributed by atoms with Gasteiger partial charge in [-0.25, -0.2) is 9.59 Å². The fourth-order valence-electron chi connectivity index (χ4n) is 4.03. The summed E-state index contributed by atoms with van der Waals surface area (Å²) in [7, 11) is 4.16. The summed E-state index contributed by atoms with van der Waals surface area (Å²) in [6, 6.07) is 1.21. The molecule has 238 valence electrons. The number of alkyl carbamates (subject to hydrolysis) is 2. The Labute approximate surface area is 246 Å². The average Bonchev–Trinajstić information content (AvgIpc) is 3.75. The van der Waals surface area contributed by atoms with Gasteiger partial charge in [0.25, 0.3) is 0 Å². The van der Waals surface area contributed by atoms with Gasteiger partial charge < -0.3 is 51.4 Å². The number of epoxide rings is 1. The van der Waals surface area contributed by atoms with Crippen LogP contribution in [-0.2, 0) is 40.8 Å². The van der Waals surface area contributed by atoms with E-state index in [0.29, 0.717) is 38.0 Å². The summed E-state index contributed by atoms with van der Waals surface area (Å²) in [5, 5.41) is 5.41. The van der Waals surface area contributed by atoms with Crippen molar-refractivity contribution in [1.29, 1.82) is 0 Å². The second kappa shape index (κ2) is 21.8. The summed E-state index contributed by atoms with van der Waals surface area (Å²) in [4.78, 5) is 23.5. The lowest BCUT2D eigenvalue weighted by Gasteiger charge is -2.24. The smallest absolute Gasteiger partial charge is 0.445 e. The molecular weight excluding hydrogens is 572 g/mol. The van der Waals surface area contributed by atoms with Gasteiger partial charge in [-0.15, -0.1) is 0 Å². The second-order valence-corrected chi connectivity index (χ2v) is 15.3. The van der Waals surface area contributed by atoms with Gasteiger partial charge in [-0.1, -0.05) is 24.3 Å². The highest BCUT2D eigenvalue weighted by molar-refractivity contribution is 6.60. The average molecular weight is 623 g/mol. The molecule has 1 aliphatic rings. The molecule has 0 bridgehead atoms. The van der Waals surface area contributed by atoms with Crippen LogP contribution >= 0.6 is 0 Å². The highest BCUT2D eigenvalue weighted by Crippen LogP contribution is 2.30. The topological polar surface area (TPSA) is 145 Å². The summed E-state index contributed by atoms with van der Waals surface area (Å²) in [6.45, 7) is 1.34. The van der Waals surface area contributed by atoms with Crippen LogP contribution in [0.4, 0.5) is 9.59 Å². The number of hydrogen-bond acceptors (Lipinski definition) is 11. The monoisotopic (exact) mass is 622 g/mol. The predicted molar refractivity (Wildman–Crippen MR) is 157 cm³/mol. The maximum absolute atomic E-state index is 11.8. The first-order valence-corrected chi connectivity index (χ1v) is 17.8. The SMILES string of the molecule is CO[Si](CCCNC(=O)OC/C=C/CCC1OC1CC/C=C/COC(=O)NCCC[Si](OC)(OC)OC)(OC)OC. The molecule has 1 rings (SSSR count). The molecule has 1 heterocycles. The van der Waals surface area contributed by atoms with E-state index in [2.05, 4.69) is 10.6 Å².